The van der Waals surface area contributed by atoms with Crippen molar-refractivity contribution in [1.82, 2.24) is 4.90 Å². The van der Waals surface area contributed by atoms with Crippen molar-refractivity contribution in [3.05, 3.63) is 35.4 Å². The molecule has 2 aliphatic rings. The molecule has 2 nitrogen and oxygen atoms in total. The van der Waals surface area contributed by atoms with E-state index >= 15 is 0 Å². The summed E-state index contributed by atoms with van der Waals surface area (Å²) < 4.78 is 0. The van der Waals surface area contributed by atoms with Gasteiger partial charge in [-0.15, -0.1) is 0 Å². The van der Waals surface area contributed by atoms with Gasteiger partial charge >= 0.3 is 0 Å². The van der Waals surface area contributed by atoms with Gasteiger partial charge in [-0.1, -0.05) is 37.1 Å². The standard InChI is InChI=1S/C16H24N2/c17-15-7-3-4-8-16(15)18-11-9-13-5-1-2-6-14(13)10-12-18/h1-2,5-6,15-16H,3-4,7-12,17H2/t15-,16-/m0/s1. The molecular formula is C16H24N2. The Morgan fingerprint density at radius 1 is 0.944 bits per heavy atom. The van der Waals surface area contributed by atoms with E-state index in [0.29, 0.717) is 12.1 Å². The third-order valence-electron chi connectivity index (χ3n) is 4.71. The molecule has 2 atom stereocenters. The average Bonchev–Trinajstić information content (AvgIpc) is 2.62. The van der Waals surface area contributed by atoms with Crippen LogP contribution < -0.4 is 5.73 Å². The van der Waals surface area contributed by atoms with Crippen molar-refractivity contribution in [2.75, 3.05) is 13.1 Å². The lowest BCUT2D eigenvalue weighted by Crippen LogP contribution is -2.50. The van der Waals surface area contributed by atoms with Crippen molar-refractivity contribution in [2.45, 2.75) is 50.6 Å². The van der Waals surface area contributed by atoms with E-state index in [0.717, 1.165) is 0 Å². The van der Waals surface area contributed by atoms with Gasteiger partial charge in [0.1, 0.15) is 0 Å². The summed E-state index contributed by atoms with van der Waals surface area (Å²) in [5.41, 5.74) is 9.42. The predicted octanol–water partition coefficient (Wildman–Crippen LogP) is 2.36. The number of nitrogens with zero attached hydrogens (tertiary/aromatic N) is 1. The largest absolute Gasteiger partial charge is 0.326 e. The molecule has 2 heteroatoms. The Balaban J connectivity index is 1.70. The highest BCUT2D eigenvalue weighted by Gasteiger charge is 2.28. The van der Waals surface area contributed by atoms with E-state index in [1.165, 1.54) is 51.6 Å². The average molecular weight is 244 g/mol. The Labute approximate surface area is 110 Å². The quantitative estimate of drug-likeness (QED) is 0.821. The van der Waals surface area contributed by atoms with Crippen LogP contribution in [0.25, 0.3) is 0 Å². The van der Waals surface area contributed by atoms with E-state index in [4.69, 9.17) is 5.73 Å². The maximum atomic E-state index is 6.32. The molecule has 1 fully saturated rings. The van der Waals surface area contributed by atoms with E-state index in [1.54, 1.807) is 11.1 Å². The molecule has 1 saturated carbocycles. The molecule has 18 heavy (non-hydrogen) atoms. The van der Waals surface area contributed by atoms with Gasteiger partial charge in [0.05, 0.1) is 0 Å². The summed E-state index contributed by atoms with van der Waals surface area (Å²) in [7, 11) is 0. The van der Waals surface area contributed by atoms with Gasteiger partial charge in [-0.3, -0.25) is 4.90 Å². The first-order valence-electron chi connectivity index (χ1n) is 7.41. The second-order valence-electron chi connectivity index (χ2n) is 5.82. The molecule has 1 aromatic rings. The normalized spacial score (nSPS) is 29.6. The van der Waals surface area contributed by atoms with Gasteiger partial charge in [0, 0.05) is 25.2 Å². The number of nitrogens with two attached hydrogens (primary N) is 1. The van der Waals surface area contributed by atoms with Gasteiger partial charge < -0.3 is 5.73 Å². The van der Waals surface area contributed by atoms with Gasteiger partial charge in [0.2, 0.25) is 0 Å². The molecule has 0 radical (unpaired) electrons. The van der Waals surface area contributed by atoms with Gasteiger partial charge in [-0.05, 0) is 36.8 Å². The van der Waals surface area contributed by atoms with Crippen LogP contribution in [-0.2, 0) is 12.8 Å². The van der Waals surface area contributed by atoms with Gasteiger partial charge in [0.25, 0.3) is 0 Å². The minimum absolute atomic E-state index is 0.403. The smallest absolute Gasteiger partial charge is 0.0247 e. The Kier molecular flexibility index (Phi) is 3.67. The van der Waals surface area contributed by atoms with E-state index in [2.05, 4.69) is 29.2 Å². The molecule has 0 unspecified atom stereocenters. The lowest BCUT2D eigenvalue weighted by Gasteiger charge is -2.37. The molecule has 1 heterocycles. The maximum absolute atomic E-state index is 6.32. The van der Waals surface area contributed by atoms with Crippen molar-refractivity contribution in [3.8, 4) is 0 Å². The van der Waals surface area contributed by atoms with Crippen molar-refractivity contribution in [2.24, 2.45) is 5.73 Å². The molecule has 1 aliphatic carbocycles. The maximum Gasteiger partial charge on any atom is 0.0247 e. The molecule has 3 rings (SSSR count). The number of fused-ring (bicyclic) bond motifs is 1. The molecule has 0 spiro atoms. The molecular weight excluding hydrogens is 220 g/mol. The van der Waals surface area contributed by atoms with Crippen molar-refractivity contribution >= 4 is 0 Å². The van der Waals surface area contributed by atoms with Crippen molar-refractivity contribution in [1.29, 1.82) is 0 Å². The fraction of sp³-hybridized carbons (Fsp3) is 0.625. The molecule has 0 saturated heterocycles. The first-order chi connectivity index (χ1) is 8.84. The predicted molar refractivity (Wildman–Crippen MR) is 75.7 cm³/mol. The fourth-order valence-corrected chi connectivity index (χ4v) is 3.61. The van der Waals surface area contributed by atoms with E-state index in [9.17, 15) is 0 Å². The lowest BCUT2D eigenvalue weighted by molar-refractivity contribution is 0.143. The van der Waals surface area contributed by atoms with Crippen LogP contribution in [0.4, 0.5) is 0 Å². The first kappa shape index (κ1) is 12.2. The minimum atomic E-state index is 0.403. The summed E-state index contributed by atoms with van der Waals surface area (Å²) in [6.45, 7) is 2.38. The Hall–Kier alpha value is -0.860. The summed E-state index contributed by atoms with van der Waals surface area (Å²) in [5, 5.41) is 0. The summed E-state index contributed by atoms with van der Waals surface area (Å²) >= 11 is 0. The monoisotopic (exact) mass is 244 g/mol. The zero-order valence-corrected chi connectivity index (χ0v) is 11.1. The van der Waals surface area contributed by atoms with Crippen LogP contribution in [-0.4, -0.2) is 30.1 Å². The van der Waals surface area contributed by atoms with Crippen LogP contribution in [0.15, 0.2) is 24.3 Å². The lowest BCUT2D eigenvalue weighted by atomic mass is 9.89. The van der Waals surface area contributed by atoms with E-state index in [-0.39, 0.29) is 0 Å². The topological polar surface area (TPSA) is 29.3 Å². The summed E-state index contributed by atoms with van der Waals surface area (Å²) in [5.74, 6) is 0. The molecule has 2 N–H and O–H groups in total. The van der Waals surface area contributed by atoms with Crippen LogP contribution in [0.2, 0.25) is 0 Å². The second-order valence-corrected chi connectivity index (χ2v) is 5.82. The number of hydrogen-bond donors (Lipinski definition) is 1. The van der Waals surface area contributed by atoms with Crippen LogP contribution in [0.1, 0.15) is 36.8 Å². The third kappa shape index (κ3) is 2.45. The first-order valence-corrected chi connectivity index (χ1v) is 7.41. The third-order valence-corrected chi connectivity index (χ3v) is 4.71. The highest BCUT2D eigenvalue weighted by atomic mass is 15.2. The van der Waals surface area contributed by atoms with Gasteiger partial charge in [-0.25, -0.2) is 0 Å². The number of rotatable bonds is 1. The number of benzene rings is 1. The number of hydrogen-bond acceptors (Lipinski definition) is 2. The molecule has 0 aromatic heterocycles. The van der Waals surface area contributed by atoms with Gasteiger partial charge in [0.15, 0.2) is 0 Å². The molecule has 0 bridgehead atoms. The summed E-state index contributed by atoms with van der Waals surface area (Å²) in [4.78, 5) is 2.66. The van der Waals surface area contributed by atoms with E-state index < -0.39 is 0 Å². The van der Waals surface area contributed by atoms with Crippen LogP contribution >= 0.6 is 0 Å². The van der Waals surface area contributed by atoms with Crippen LogP contribution in [0.3, 0.4) is 0 Å². The Morgan fingerprint density at radius 2 is 1.56 bits per heavy atom. The zero-order chi connectivity index (χ0) is 12.4. The van der Waals surface area contributed by atoms with Crippen LogP contribution in [0.5, 0.6) is 0 Å². The highest BCUT2D eigenvalue weighted by molar-refractivity contribution is 5.28. The van der Waals surface area contributed by atoms with Crippen molar-refractivity contribution in [3.63, 3.8) is 0 Å². The van der Waals surface area contributed by atoms with Crippen molar-refractivity contribution < 1.29 is 0 Å². The van der Waals surface area contributed by atoms with Crippen LogP contribution in [0, 0.1) is 0 Å². The Morgan fingerprint density at radius 3 is 2.17 bits per heavy atom. The SMILES string of the molecule is N[C@H]1CCCC[C@@H]1N1CCc2ccccc2CC1. The summed E-state index contributed by atoms with van der Waals surface area (Å²) in [6.07, 6.45) is 7.60. The fourth-order valence-electron chi connectivity index (χ4n) is 3.61. The Bertz CT molecular complexity index is 375. The highest BCUT2D eigenvalue weighted by Crippen LogP contribution is 2.24. The molecule has 1 aromatic carbocycles. The summed E-state index contributed by atoms with van der Waals surface area (Å²) in [6, 6.07) is 9.95. The van der Waals surface area contributed by atoms with E-state index in [1.807, 2.05) is 0 Å². The zero-order valence-electron chi connectivity index (χ0n) is 11.1. The molecule has 0 amide bonds. The second kappa shape index (κ2) is 5.41. The molecule has 98 valence electrons. The molecule has 1 aliphatic heterocycles. The van der Waals surface area contributed by atoms with Gasteiger partial charge in [-0.2, -0.15) is 0 Å². The minimum Gasteiger partial charge on any atom is -0.326 e.